The number of pyridine rings is 1. The van der Waals surface area contributed by atoms with Gasteiger partial charge in [0.25, 0.3) is 5.56 Å². The summed E-state index contributed by atoms with van der Waals surface area (Å²) >= 11 is 0. The summed E-state index contributed by atoms with van der Waals surface area (Å²) in [5.74, 6) is 0. The van der Waals surface area contributed by atoms with Gasteiger partial charge in [0.05, 0.1) is 6.54 Å². The first-order chi connectivity index (χ1) is 11.0. The molecule has 0 spiro atoms. The number of fused-ring (bicyclic) bond motifs is 3. The van der Waals surface area contributed by atoms with Crippen molar-refractivity contribution in [1.82, 2.24) is 14.6 Å². The van der Waals surface area contributed by atoms with Crippen molar-refractivity contribution >= 4 is 27.5 Å². The number of allylic oxidation sites excluding steroid dienone is 2. The van der Waals surface area contributed by atoms with Gasteiger partial charge in [-0.25, -0.2) is 0 Å². The summed E-state index contributed by atoms with van der Waals surface area (Å²) in [6.45, 7) is 2.43. The fourth-order valence-electron chi connectivity index (χ4n) is 3.10. The third kappa shape index (κ3) is 2.09. The van der Waals surface area contributed by atoms with E-state index >= 15 is 0 Å². The Kier molecular flexibility index (Phi) is 2.92. The highest BCUT2D eigenvalue weighted by molar-refractivity contribution is 6.07. The van der Waals surface area contributed by atoms with Gasteiger partial charge >= 0.3 is 0 Å². The number of aromatic nitrogens is 2. The second kappa shape index (κ2) is 4.86. The monoisotopic (exact) mass is 307 g/mol. The summed E-state index contributed by atoms with van der Waals surface area (Å²) in [6.07, 6.45) is 5.17. The van der Waals surface area contributed by atoms with E-state index in [1.165, 1.54) is 5.56 Å². The molecule has 2 N–H and O–H groups in total. The molecule has 23 heavy (non-hydrogen) atoms. The Balaban J connectivity index is 2.05. The second-order valence-electron chi connectivity index (χ2n) is 5.96. The summed E-state index contributed by atoms with van der Waals surface area (Å²) < 4.78 is 1.65. The third-order valence-electron chi connectivity index (χ3n) is 4.37. The van der Waals surface area contributed by atoms with E-state index in [0.717, 1.165) is 32.6 Å². The molecule has 5 heteroatoms. The lowest BCUT2D eigenvalue weighted by molar-refractivity contribution is -0.0299. The molecule has 1 aliphatic heterocycles. The van der Waals surface area contributed by atoms with Crippen LogP contribution in [-0.4, -0.2) is 26.4 Å². The molecule has 1 aliphatic rings. The molecule has 0 saturated heterocycles. The average Bonchev–Trinajstić information content (AvgIpc) is 2.90. The lowest BCUT2D eigenvalue weighted by Crippen LogP contribution is -2.22. The largest absolute Gasteiger partial charge is 0.341 e. The summed E-state index contributed by atoms with van der Waals surface area (Å²) in [5, 5.41) is 12.6. The molecule has 2 aromatic heterocycles. The molecular weight excluding hydrogens is 290 g/mol. The van der Waals surface area contributed by atoms with Crippen LogP contribution in [-0.2, 0) is 7.05 Å². The number of H-pyrrole nitrogens is 1. The lowest BCUT2D eigenvalue weighted by Gasteiger charge is -2.15. The minimum absolute atomic E-state index is 0.0527. The molecule has 0 fully saturated rings. The molecular formula is C18H17N3O2. The van der Waals surface area contributed by atoms with E-state index < -0.39 is 0 Å². The van der Waals surface area contributed by atoms with Crippen molar-refractivity contribution in [3.63, 3.8) is 0 Å². The Morgan fingerprint density at radius 3 is 2.78 bits per heavy atom. The van der Waals surface area contributed by atoms with E-state index in [0.29, 0.717) is 12.1 Å². The van der Waals surface area contributed by atoms with Crippen LogP contribution in [0.1, 0.15) is 11.1 Å². The zero-order chi connectivity index (χ0) is 16.1. The van der Waals surface area contributed by atoms with Crippen molar-refractivity contribution < 1.29 is 5.21 Å². The Bertz CT molecular complexity index is 1050. The molecule has 0 atom stereocenters. The van der Waals surface area contributed by atoms with Gasteiger partial charge in [0.15, 0.2) is 0 Å². The van der Waals surface area contributed by atoms with Crippen molar-refractivity contribution in [1.29, 1.82) is 0 Å². The fraction of sp³-hybridized carbons (Fsp3) is 0.167. The summed E-state index contributed by atoms with van der Waals surface area (Å²) in [5.41, 5.74) is 4.45. The highest BCUT2D eigenvalue weighted by Crippen LogP contribution is 2.28. The highest BCUT2D eigenvalue weighted by Gasteiger charge is 2.15. The molecule has 5 nitrogen and oxygen atoms in total. The normalized spacial score (nSPS) is 14.7. The van der Waals surface area contributed by atoms with Gasteiger partial charge in [-0.3, -0.25) is 19.6 Å². The van der Waals surface area contributed by atoms with Gasteiger partial charge in [0.2, 0.25) is 0 Å². The molecule has 1 aromatic carbocycles. The van der Waals surface area contributed by atoms with Gasteiger partial charge in [-0.2, -0.15) is 0 Å². The SMILES string of the molecule is Cc1ccc2[nH]c3c(cc(C4=CCN(O)C=C4)c(=O)n3C)c2c1. The van der Waals surface area contributed by atoms with Gasteiger partial charge < -0.3 is 4.98 Å². The topological polar surface area (TPSA) is 61.3 Å². The van der Waals surface area contributed by atoms with Crippen LogP contribution in [0.5, 0.6) is 0 Å². The predicted molar refractivity (Wildman–Crippen MR) is 91.4 cm³/mol. The first-order valence-electron chi connectivity index (χ1n) is 7.51. The smallest absolute Gasteiger partial charge is 0.259 e. The van der Waals surface area contributed by atoms with E-state index in [9.17, 15) is 10.0 Å². The lowest BCUT2D eigenvalue weighted by atomic mass is 10.0. The number of benzene rings is 1. The number of aryl methyl sites for hydroxylation is 2. The van der Waals surface area contributed by atoms with Crippen LogP contribution in [0.4, 0.5) is 0 Å². The van der Waals surface area contributed by atoms with Crippen molar-refractivity contribution in [3.8, 4) is 0 Å². The Morgan fingerprint density at radius 2 is 2.04 bits per heavy atom. The van der Waals surface area contributed by atoms with E-state index in [4.69, 9.17) is 0 Å². The molecule has 3 heterocycles. The highest BCUT2D eigenvalue weighted by atomic mass is 16.5. The van der Waals surface area contributed by atoms with Crippen molar-refractivity contribution in [2.75, 3.05) is 6.54 Å². The first kappa shape index (κ1) is 13.8. The summed E-state index contributed by atoms with van der Waals surface area (Å²) in [7, 11) is 1.78. The average molecular weight is 307 g/mol. The van der Waals surface area contributed by atoms with Gasteiger partial charge in [-0.1, -0.05) is 17.7 Å². The predicted octanol–water partition coefficient (Wildman–Crippen LogP) is 2.93. The van der Waals surface area contributed by atoms with Crippen molar-refractivity contribution in [2.24, 2.45) is 7.05 Å². The Hall–Kier alpha value is -2.79. The molecule has 4 rings (SSSR count). The molecule has 0 unspecified atom stereocenters. The van der Waals surface area contributed by atoms with Crippen LogP contribution in [0.2, 0.25) is 0 Å². The zero-order valence-corrected chi connectivity index (χ0v) is 13.0. The van der Waals surface area contributed by atoms with Gasteiger partial charge in [0.1, 0.15) is 5.65 Å². The number of hydrogen-bond acceptors (Lipinski definition) is 3. The van der Waals surface area contributed by atoms with Crippen LogP contribution in [0, 0.1) is 6.92 Å². The minimum Gasteiger partial charge on any atom is -0.341 e. The molecule has 0 aliphatic carbocycles. The molecule has 3 aromatic rings. The number of aromatic amines is 1. The molecule has 116 valence electrons. The van der Waals surface area contributed by atoms with Crippen LogP contribution < -0.4 is 5.56 Å². The van der Waals surface area contributed by atoms with Crippen LogP contribution >= 0.6 is 0 Å². The standard InChI is InChI=1S/C18H17N3O2/c1-11-3-4-16-14(9-11)15-10-13(12-5-7-21(23)8-6-12)18(22)20(2)17(15)19-16/h3-7,9-10,19,23H,8H2,1-2H3. The Labute approximate surface area is 132 Å². The minimum atomic E-state index is -0.0527. The van der Waals surface area contributed by atoms with E-state index in [2.05, 4.69) is 24.0 Å². The number of nitrogens with zero attached hydrogens (tertiary/aromatic N) is 2. The number of hydroxylamine groups is 2. The zero-order valence-electron chi connectivity index (χ0n) is 13.0. The number of nitrogens with one attached hydrogen (secondary N) is 1. The number of rotatable bonds is 1. The van der Waals surface area contributed by atoms with Crippen LogP contribution in [0.15, 0.2) is 47.4 Å². The number of hydrogen-bond donors (Lipinski definition) is 2. The maximum absolute atomic E-state index is 12.7. The van der Waals surface area contributed by atoms with Crippen LogP contribution in [0.3, 0.4) is 0 Å². The van der Waals surface area contributed by atoms with E-state index in [1.807, 2.05) is 18.2 Å². The third-order valence-corrected chi connectivity index (χ3v) is 4.37. The van der Waals surface area contributed by atoms with Crippen molar-refractivity contribution in [2.45, 2.75) is 6.92 Å². The maximum atomic E-state index is 12.7. The molecule has 0 saturated carbocycles. The maximum Gasteiger partial charge on any atom is 0.259 e. The first-order valence-corrected chi connectivity index (χ1v) is 7.51. The van der Waals surface area contributed by atoms with Crippen molar-refractivity contribution in [3.05, 3.63) is 64.1 Å². The van der Waals surface area contributed by atoms with Gasteiger partial charge in [-0.05, 0) is 36.8 Å². The van der Waals surface area contributed by atoms with Gasteiger partial charge in [-0.15, -0.1) is 0 Å². The summed E-state index contributed by atoms with van der Waals surface area (Å²) in [6, 6.07) is 8.17. The summed E-state index contributed by atoms with van der Waals surface area (Å²) in [4.78, 5) is 16.0. The molecule has 0 amide bonds. The quantitative estimate of drug-likeness (QED) is 0.726. The molecule has 0 bridgehead atoms. The van der Waals surface area contributed by atoms with Crippen LogP contribution in [0.25, 0.3) is 27.5 Å². The Morgan fingerprint density at radius 1 is 1.22 bits per heavy atom. The molecule has 0 radical (unpaired) electrons. The van der Waals surface area contributed by atoms with E-state index in [-0.39, 0.29) is 5.56 Å². The fourth-order valence-corrected chi connectivity index (χ4v) is 3.10. The van der Waals surface area contributed by atoms with E-state index in [1.54, 1.807) is 23.9 Å². The second-order valence-corrected chi connectivity index (χ2v) is 5.96. The van der Waals surface area contributed by atoms with Gasteiger partial charge in [0, 0.05) is 35.1 Å².